The summed E-state index contributed by atoms with van der Waals surface area (Å²) in [7, 11) is 1.40. The van der Waals surface area contributed by atoms with Gasteiger partial charge < -0.3 is 19.1 Å². The van der Waals surface area contributed by atoms with E-state index in [2.05, 4.69) is 49.0 Å². The van der Waals surface area contributed by atoms with E-state index in [0.29, 0.717) is 38.3 Å². The monoisotopic (exact) mass is 784 g/mol. The molecule has 52 heavy (non-hydrogen) atoms. The van der Waals surface area contributed by atoms with E-state index in [1.807, 2.05) is 41.3 Å². The highest BCUT2D eigenvalue weighted by Crippen LogP contribution is 2.38. The second-order valence-electron chi connectivity index (χ2n) is 12.1. The largest absolute Gasteiger partial charge is 0.481 e. The predicted octanol–water partition coefficient (Wildman–Crippen LogP) is 6.33. The fourth-order valence-electron chi connectivity index (χ4n) is 6.87. The van der Waals surface area contributed by atoms with E-state index in [1.165, 1.54) is 7.11 Å². The summed E-state index contributed by atoms with van der Waals surface area (Å²) in [6.45, 7) is 3.31. The van der Waals surface area contributed by atoms with Crippen LogP contribution in [0.15, 0.2) is 85.2 Å². The number of halogens is 6. The maximum atomic E-state index is 13.6. The minimum atomic E-state index is -4.58. The highest BCUT2D eigenvalue weighted by Gasteiger charge is 2.43. The van der Waals surface area contributed by atoms with Crippen LogP contribution in [-0.2, 0) is 6.54 Å². The molecule has 0 aliphatic carbocycles. The number of methoxy groups -OCH3 is 1. The Hall–Kier alpha value is -3.88. The van der Waals surface area contributed by atoms with Gasteiger partial charge in [-0.2, -0.15) is 23.1 Å². The molecular formula is C36H42Cl3F3N6O4. The first-order chi connectivity index (χ1) is 23.7. The van der Waals surface area contributed by atoms with Gasteiger partial charge in [-0.25, -0.2) is 0 Å². The molecule has 10 nitrogen and oxygen atoms in total. The number of piperazine rings is 2. The molecule has 6 rings (SSSR count). The summed E-state index contributed by atoms with van der Waals surface area (Å²) in [5, 5.41) is 0. The molecule has 0 N–H and O–H groups in total. The van der Waals surface area contributed by atoms with Crippen LogP contribution in [0.2, 0.25) is 0 Å². The number of hydrogen-bond donors (Lipinski definition) is 0. The van der Waals surface area contributed by atoms with E-state index < -0.39 is 12.8 Å². The van der Waals surface area contributed by atoms with Crippen molar-refractivity contribution in [1.29, 1.82) is 0 Å². The highest BCUT2D eigenvalue weighted by molar-refractivity contribution is 5.94. The molecule has 0 radical (unpaired) electrons. The molecule has 4 aromatic rings. The van der Waals surface area contributed by atoms with Crippen LogP contribution in [0.1, 0.15) is 39.9 Å². The zero-order valence-electron chi connectivity index (χ0n) is 28.6. The van der Waals surface area contributed by atoms with Gasteiger partial charge in [0.1, 0.15) is 0 Å². The number of alkyl halides is 3. The Kier molecular flexibility index (Phi) is 15.8. The molecule has 2 saturated heterocycles. The molecular weight excluding hydrogens is 744 g/mol. The van der Waals surface area contributed by atoms with Crippen LogP contribution in [0, 0.1) is 0 Å². The first-order valence-corrected chi connectivity index (χ1v) is 16.3. The zero-order valence-corrected chi connectivity index (χ0v) is 31.1. The van der Waals surface area contributed by atoms with Crippen LogP contribution in [0.25, 0.3) is 0 Å². The Morgan fingerprint density at radius 2 is 1.52 bits per heavy atom. The number of nitrogens with zero attached hydrogens (tertiary/aromatic N) is 6. The van der Waals surface area contributed by atoms with E-state index in [-0.39, 0.29) is 97.6 Å². The van der Waals surface area contributed by atoms with Crippen LogP contribution in [0.5, 0.6) is 17.8 Å². The molecule has 0 saturated carbocycles. The first kappa shape index (κ1) is 42.5. The number of ether oxygens (including phenoxy) is 3. The molecule has 4 heterocycles. The highest BCUT2D eigenvalue weighted by atomic mass is 35.5. The van der Waals surface area contributed by atoms with Gasteiger partial charge in [0.15, 0.2) is 6.61 Å². The van der Waals surface area contributed by atoms with Crippen LogP contribution >= 0.6 is 37.2 Å². The van der Waals surface area contributed by atoms with E-state index in [1.54, 1.807) is 31.5 Å². The molecule has 2 aromatic heterocycles. The molecule has 282 valence electrons. The Labute approximate surface area is 319 Å². The van der Waals surface area contributed by atoms with E-state index in [0.717, 1.165) is 11.1 Å². The molecule has 16 heteroatoms. The Balaban J connectivity index is 0.00000243. The van der Waals surface area contributed by atoms with Crippen LogP contribution in [0.3, 0.4) is 0 Å². The fraction of sp³-hybridized carbons (Fsp3) is 0.389. The summed E-state index contributed by atoms with van der Waals surface area (Å²) >= 11 is 0. The molecule has 2 aliphatic rings. The molecule has 0 spiro atoms. The number of aromatic nitrogens is 3. The Morgan fingerprint density at radius 1 is 0.865 bits per heavy atom. The standard InChI is InChI=1S/C36H39F3N6O4.3ClH/c1-3-48-35-41-32(47-2)29(33(42-35)49-24-36(37,38)39)22-43-20-28-21-44(34(46)27-15-10-16-40-19-27)17-18-45(28)30(23-43)31(25-11-6-4-7-12-25)26-13-8-5-9-14-26;;;/h4-16,19,28,30-31H,3,17-18,20-24H2,1-2H3;3*1H/t28-,30+;;;/m1.../s1. The summed E-state index contributed by atoms with van der Waals surface area (Å²) in [6.07, 6.45) is -1.37. The van der Waals surface area contributed by atoms with Gasteiger partial charge in [0.05, 0.1) is 24.8 Å². The van der Waals surface area contributed by atoms with Crippen molar-refractivity contribution < 1.29 is 32.2 Å². The number of rotatable bonds is 11. The second-order valence-corrected chi connectivity index (χ2v) is 12.1. The van der Waals surface area contributed by atoms with E-state index >= 15 is 0 Å². The second kappa shape index (κ2) is 19.3. The van der Waals surface area contributed by atoms with Gasteiger partial charge >= 0.3 is 12.2 Å². The summed E-state index contributed by atoms with van der Waals surface area (Å²) in [5.41, 5.74) is 3.10. The lowest BCUT2D eigenvalue weighted by Gasteiger charge is -2.53. The molecule has 1 amide bonds. The number of carbonyl (C=O) groups excluding carboxylic acids is 1. The minimum absolute atomic E-state index is 0. The van der Waals surface area contributed by atoms with Crippen LogP contribution in [0.4, 0.5) is 13.2 Å². The molecule has 2 fully saturated rings. The van der Waals surface area contributed by atoms with Crippen molar-refractivity contribution in [1.82, 2.24) is 29.7 Å². The van der Waals surface area contributed by atoms with Gasteiger partial charge in [-0.15, -0.1) is 37.2 Å². The average molecular weight is 786 g/mol. The number of fused-ring (bicyclic) bond motifs is 1. The van der Waals surface area contributed by atoms with Gasteiger partial charge in [0.2, 0.25) is 11.8 Å². The minimum Gasteiger partial charge on any atom is -0.481 e. The number of hydrogen-bond acceptors (Lipinski definition) is 9. The maximum Gasteiger partial charge on any atom is 0.422 e. The lowest BCUT2D eigenvalue weighted by Crippen LogP contribution is -2.67. The number of pyridine rings is 1. The molecule has 2 aliphatic heterocycles. The summed E-state index contributed by atoms with van der Waals surface area (Å²) < 4.78 is 56.3. The smallest absolute Gasteiger partial charge is 0.422 e. The molecule has 2 aromatic carbocycles. The Morgan fingerprint density at radius 3 is 2.10 bits per heavy atom. The quantitative estimate of drug-likeness (QED) is 0.173. The third-order valence-corrected chi connectivity index (χ3v) is 8.90. The average Bonchev–Trinajstić information content (AvgIpc) is 3.12. The van der Waals surface area contributed by atoms with E-state index in [4.69, 9.17) is 14.2 Å². The van der Waals surface area contributed by atoms with Crippen LogP contribution in [-0.4, -0.2) is 107 Å². The van der Waals surface area contributed by atoms with Gasteiger partial charge in [-0.1, -0.05) is 60.7 Å². The third-order valence-electron chi connectivity index (χ3n) is 8.90. The molecule has 2 atom stereocenters. The van der Waals surface area contributed by atoms with Crippen LogP contribution < -0.4 is 14.2 Å². The lowest BCUT2D eigenvalue weighted by molar-refractivity contribution is -0.154. The van der Waals surface area contributed by atoms with Crippen molar-refractivity contribution in [3.8, 4) is 17.8 Å². The van der Waals surface area contributed by atoms with Crippen molar-refractivity contribution in [2.45, 2.75) is 37.6 Å². The van der Waals surface area contributed by atoms with Gasteiger partial charge in [-0.05, 0) is 30.2 Å². The van der Waals surface area contributed by atoms with Crippen molar-refractivity contribution in [3.05, 3.63) is 107 Å². The van der Waals surface area contributed by atoms with Crippen molar-refractivity contribution in [2.24, 2.45) is 0 Å². The number of benzene rings is 2. The lowest BCUT2D eigenvalue weighted by atomic mass is 9.81. The third kappa shape index (κ3) is 10.2. The predicted molar refractivity (Wildman–Crippen MR) is 197 cm³/mol. The number of carbonyl (C=O) groups is 1. The maximum absolute atomic E-state index is 13.6. The van der Waals surface area contributed by atoms with Crippen molar-refractivity contribution in [2.75, 3.05) is 53.0 Å². The number of amides is 1. The first-order valence-electron chi connectivity index (χ1n) is 16.3. The van der Waals surface area contributed by atoms with Gasteiger partial charge in [-0.3, -0.25) is 19.6 Å². The molecule has 0 unspecified atom stereocenters. The Bertz CT molecular complexity index is 1660. The van der Waals surface area contributed by atoms with Crippen molar-refractivity contribution >= 4 is 43.1 Å². The SMILES string of the molecule is CCOc1nc(OC)c(CN2C[C@@H]3CN(C(=O)c4cccnc4)CCN3[C@H](C(c3ccccc3)c3ccccc3)C2)c(OCC(F)(F)F)n1.Cl.Cl.Cl. The summed E-state index contributed by atoms with van der Waals surface area (Å²) in [6, 6.07) is 23.8. The van der Waals surface area contributed by atoms with Gasteiger partial charge in [0.25, 0.3) is 5.91 Å². The van der Waals surface area contributed by atoms with E-state index in [9.17, 15) is 18.0 Å². The fourth-order valence-corrected chi connectivity index (χ4v) is 6.87. The van der Waals surface area contributed by atoms with Crippen molar-refractivity contribution in [3.63, 3.8) is 0 Å². The normalized spacial score (nSPS) is 17.5. The molecule has 0 bridgehead atoms. The summed E-state index contributed by atoms with van der Waals surface area (Å²) in [4.78, 5) is 32.8. The zero-order chi connectivity index (χ0) is 34.4. The summed E-state index contributed by atoms with van der Waals surface area (Å²) in [5.74, 6) is -0.290. The topological polar surface area (TPSA) is 93.2 Å². The van der Waals surface area contributed by atoms with Gasteiger partial charge in [0, 0.05) is 69.7 Å².